The Balaban J connectivity index is 1.99. The molecule has 21 heavy (non-hydrogen) atoms. The maximum absolute atomic E-state index is 11.9. The normalized spacial score (nSPS) is 15.6. The summed E-state index contributed by atoms with van der Waals surface area (Å²) in [7, 11) is 0. The molecule has 0 aliphatic heterocycles. The number of nitrogens with one attached hydrogen (secondary N) is 2. The summed E-state index contributed by atoms with van der Waals surface area (Å²) in [6, 6.07) is 4.99. The number of carbonyl (C=O) groups is 2. The molecule has 8 heteroatoms. The smallest absolute Gasteiger partial charge is 0.319 e. The van der Waals surface area contributed by atoms with E-state index < -0.39 is 22.5 Å². The van der Waals surface area contributed by atoms with Gasteiger partial charge in [-0.1, -0.05) is 6.07 Å². The number of aliphatic carboxylic acids is 1. The van der Waals surface area contributed by atoms with Crippen molar-refractivity contribution in [1.82, 2.24) is 5.32 Å². The fourth-order valence-corrected chi connectivity index (χ4v) is 2.34. The number of anilines is 1. The number of hydrogen-bond acceptors (Lipinski definition) is 4. The molecule has 0 heterocycles. The van der Waals surface area contributed by atoms with E-state index in [2.05, 4.69) is 10.6 Å². The number of amides is 2. The molecule has 1 aliphatic carbocycles. The van der Waals surface area contributed by atoms with Crippen molar-refractivity contribution in [2.75, 3.05) is 5.32 Å². The molecule has 1 aromatic carbocycles. The van der Waals surface area contributed by atoms with Crippen LogP contribution in [-0.2, 0) is 4.79 Å². The van der Waals surface area contributed by atoms with Gasteiger partial charge in [0, 0.05) is 17.8 Å². The Bertz CT molecular complexity index is 583. The standard InChI is InChI=1S/C13H15N3O5/c17-11(18)8-13(5-2-6-13)15-12(19)14-9-3-1-4-10(7-9)16(20)21/h1,3-4,7H,2,5-6,8H2,(H,17,18)(H2,14,15,19). The highest BCUT2D eigenvalue weighted by atomic mass is 16.6. The highest BCUT2D eigenvalue weighted by Gasteiger charge is 2.40. The Kier molecular flexibility index (Phi) is 4.06. The number of nitro groups is 1. The van der Waals surface area contributed by atoms with Crippen LogP contribution in [0.2, 0.25) is 0 Å². The SMILES string of the molecule is O=C(O)CC1(NC(=O)Nc2cccc([N+](=O)[O-])c2)CCC1. The average Bonchev–Trinajstić information content (AvgIpc) is 2.35. The number of benzene rings is 1. The van der Waals surface area contributed by atoms with Gasteiger partial charge in [0.1, 0.15) is 0 Å². The first-order chi connectivity index (χ1) is 9.90. The van der Waals surface area contributed by atoms with Gasteiger partial charge >= 0.3 is 12.0 Å². The fourth-order valence-electron chi connectivity index (χ4n) is 2.34. The van der Waals surface area contributed by atoms with Gasteiger partial charge in [0.2, 0.25) is 0 Å². The zero-order valence-electron chi connectivity index (χ0n) is 11.2. The summed E-state index contributed by atoms with van der Waals surface area (Å²) in [5, 5.41) is 24.7. The van der Waals surface area contributed by atoms with Crippen molar-refractivity contribution in [1.29, 1.82) is 0 Å². The van der Waals surface area contributed by atoms with Gasteiger partial charge < -0.3 is 15.7 Å². The third-order valence-electron chi connectivity index (χ3n) is 3.49. The molecule has 1 fully saturated rings. The van der Waals surface area contributed by atoms with Gasteiger partial charge in [0.15, 0.2) is 0 Å². The van der Waals surface area contributed by atoms with Gasteiger partial charge in [-0.2, -0.15) is 0 Å². The molecule has 1 aromatic rings. The molecule has 0 saturated heterocycles. The predicted octanol–water partition coefficient (Wildman–Crippen LogP) is 2.11. The number of nitro benzene ring substituents is 1. The molecule has 1 aliphatic rings. The monoisotopic (exact) mass is 293 g/mol. The molecule has 2 amide bonds. The summed E-state index contributed by atoms with van der Waals surface area (Å²) < 4.78 is 0. The molecular weight excluding hydrogens is 278 g/mol. The fraction of sp³-hybridized carbons (Fsp3) is 0.385. The number of nitrogens with zero attached hydrogens (tertiary/aromatic N) is 1. The highest BCUT2D eigenvalue weighted by Crippen LogP contribution is 2.35. The lowest BCUT2D eigenvalue weighted by molar-refractivity contribution is -0.384. The van der Waals surface area contributed by atoms with Crippen LogP contribution in [0.3, 0.4) is 0 Å². The Morgan fingerprint density at radius 2 is 2.10 bits per heavy atom. The number of carboxylic acids is 1. The van der Waals surface area contributed by atoms with Gasteiger partial charge in [-0.25, -0.2) is 4.79 Å². The lowest BCUT2D eigenvalue weighted by Crippen LogP contribution is -2.55. The summed E-state index contributed by atoms with van der Waals surface area (Å²) in [4.78, 5) is 32.8. The van der Waals surface area contributed by atoms with E-state index in [0.29, 0.717) is 12.8 Å². The molecule has 0 radical (unpaired) electrons. The van der Waals surface area contributed by atoms with E-state index in [1.165, 1.54) is 24.3 Å². The van der Waals surface area contributed by atoms with Crippen LogP contribution in [0.4, 0.5) is 16.2 Å². The molecule has 112 valence electrons. The van der Waals surface area contributed by atoms with Crippen molar-refractivity contribution in [2.45, 2.75) is 31.2 Å². The van der Waals surface area contributed by atoms with Crippen molar-refractivity contribution in [2.24, 2.45) is 0 Å². The Hall–Kier alpha value is -2.64. The van der Waals surface area contributed by atoms with Crippen LogP contribution in [0.15, 0.2) is 24.3 Å². The predicted molar refractivity (Wildman–Crippen MR) is 74.1 cm³/mol. The van der Waals surface area contributed by atoms with E-state index in [-0.39, 0.29) is 17.8 Å². The van der Waals surface area contributed by atoms with Crippen molar-refractivity contribution >= 4 is 23.4 Å². The quantitative estimate of drug-likeness (QED) is 0.567. The third-order valence-corrected chi connectivity index (χ3v) is 3.49. The second kappa shape index (κ2) is 5.78. The Morgan fingerprint density at radius 3 is 2.62 bits per heavy atom. The maximum Gasteiger partial charge on any atom is 0.319 e. The molecule has 3 N–H and O–H groups in total. The molecule has 1 saturated carbocycles. The topological polar surface area (TPSA) is 122 Å². The van der Waals surface area contributed by atoms with Crippen LogP contribution in [-0.4, -0.2) is 27.6 Å². The van der Waals surface area contributed by atoms with E-state index in [9.17, 15) is 19.7 Å². The maximum atomic E-state index is 11.9. The summed E-state index contributed by atoms with van der Waals surface area (Å²) in [6.07, 6.45) is 1.96. The number of carboxylic acid groups (broad SMARTS) is 1. The minimum absolute atomic E-state index is 0.128. The highest BCUT2D eigenvalue weighted by molar-refractivity contribution is 5.90. The van der Waals surface area contributed by atoms with Crippen LogP contribution in [0.25, 0.3) is 0 Å². The van der Waals surface area contributed by atoms with Crippen LogP contribution < -0.4 is 10.6 Å². The first-order valence-corrected chi connectivity index (χ1v) is 6.46. The minimum atomic E-state index is -0.967. The summed E-state index contributed by atoms with van der Waals surface area (Å²) in [5.74, 6) is -0.967. The number of rotatable bonds is 5. The molecule has 0 unspecified atom stereocenters. The van der Waals surface area contributed by atoms with Crippen LogP contribution in [0, 0.1) is 10.1 Å². The van der Waals surface area contributed by atoms with Crippen LogP contribution in [0.5, 0.6) is 0 Å². The van der Waals surface area contributed by atoms with Crippen molar-refractivity contribution in [3.05, 3.63) is 34.4 Å². The Morgan fingerprint density at radius 1 is 1.38 bits per heavy atom. The number of carbonyl (C=O) groups excluding carboxylic acids is 1. The molecule has 0 aromatic heterocycles. The van der Waals surface area contributed by atoms with Crippen molar-refractivity contribution in [3.8, 4) is 0 Å². The largest absolute Gasteiger partial charge is 0.481 e. The Labute approximate surface area is 120 Å². The second-order valence-corrected chi connectivity index (χ2v) is 5.09. The summed E-state index contributed by atoms with van der Waals surface area (Å²) >= 11 is 0. The van der Waals surface area contributed by atoms with Crippen LogP contribution >= 0.6 is 0 Å². The third kappa shape index (κ3) is 3.68. The lowest BCUT2D eigenvalue weighted by atomic mass is 9.74. The van der Waals surface area contributed by atoms with E-state index in [1.54, 1.807) is 0 Å². The number of hydrogen-bond donors (Lipinski definition) is 3. The zero-order chi connectivity index (χ0) is 15.5. The van der Waals surface area contributed by atoms with Crippen molar-refractivity contribution < 1.29 is 19.6 Å². The van der Waals surface area contributed by atoms with E-state index in [0.717, 1.165) is 6.42 Å². The van der Waals surface area contributed by atoms with E-state index >= 15 is 0 Å². The molecule has 8 nitrogen and oxygen atoms in total. The molecule has 0 atom stereocenters. The molecular formula is C13H15N3O5. The summed E-state index contributed by atoms with van der Waals surface area (Å²) in [5.41, 5.74) is -0.556. The van der Waals surface area contributed by atoms with Gasteiger partial charge in [0.25, 0.3) is 5.69 Å². The minimum Gasteiger partial charge on any atom is -0.481 e. The average molecular weight is 293 g/mol. The van der Waals surface area contributed by atoms with Gasteiger partial charge in [0.05, 0.1) is 16.9 Å². The van der Waals surface area contributed by atoms with E-state index in [4.69, 9.17) is 5.11 Å². The van der Waals surface area contributed by atoms with Gasteiger partial charge in [-0.3, -0.25) is 14.9 Å². The van der Waals surface area contributed by atoms with Crippen molar-refractivity contribution in [3.63, 3.8) is 0 Å². The first kappa shape index (κ1) is 14.8. The number of urea groups is 1. The molecule has 0 bridgehead atoms. The number of non-ortho nitro benzene ring substituents is 1. The van der Waals surface area contributed by atoms with Gasteiger partial charge in [-0.15, -0.1) is 0 Å². The summed E-state index contributed by atoms with van der Waals surface area (Å²) in [6.45, 7) is 0. The zero-order valence-corrected chi connectivity index (χ0v) is 11.2. The molecule has 0 spiro atoms. The van der Waals surface area contributed by atoms with Crippen LogP contribution in [0.1, 0.15) is 25.7 Å². The molecule has 2 rings (SSSR count). The lowest BCUT2D eigenvalue weighted by Gasteiger charge is -2.41. The first-order valence-electron chi connectivity index (χ1n) is 6.46. The van der Waals surface area contributed by atoms with Gasteiger partial charge in [-0.05, 0) is 25.3 Å². The van der Waals surface area contributed by atoms with E-state index in [1.807, 2.05) is 0 Å². The second-order valence-electron chi connectivity index (χ2n) is 5.09.